The van der Waals surface area contributed by atoms with Gasteiger partial charge in [-0.25, -0.2) is 0 Å². The molecule has 0 atom stereocenters. The fourth-order valence-electron chi connectivity index (χ4n) is 2.52. The van der Waals surface area contributed by atoms with Crippen LogP contribution in [0.1, 0.15) is 43.7 Å². The van der Waals surface area contributed by atoms with E-state index >= 15 is 0 Å². The lowest BCUT2D eigenvalue weighted by atomic mass is 9.88. The molecule has 98 valence electrons. The Morgan fingerprint density at radius 3 is 2.33 bits per heavy atom. The Kier molecular flexibility index (Phi) is 4.94. The highest BCUT2D eigenvalue weighted by atomic mass is 16.1. The van der Waals surface area contributed by atoms with E-state index in [4.69, 9.17) is 0 Å². The predicted octanol–water partition coefficient (Wildman–Crippen LogP) is 3.10. The fraction of sp³-hybridized carbons (Fsp3) is 0.562. The summed E-state index contributed by atoms with van der Waals surface area (Å²) in [5.74, 6) is 1.14. The van der Waals surface area contributed by atoms with Crippen molar-refractivity contribution in [2.45, 2.75) is 45.6 Å². The van der Waals surface area contributed by atoms with Gasteiger partial charge in [-0.05, 0) is 42.9 Å². The number of hydrogen-bond acceptors (Lipinski definition) is 2. The fourth-order valence-corrected chi connectivity index (χ4v) is 2.52. The van der Waals surface area contributed by atoms with Crippen LogP contribution in [0, 0.1) is 5.92 Å². The Bertz CT molecular complexity index is 373. The van der Waals surface area contributed by atoms with Crippen molar-refractivity contribution in [3.63, 3.8) is 0 Å². The van der Waals surface area contributed by atoms with Gasteiger partial charge in [-0.1, -0.05) is 31.2 Å². The first kappa shape index (κ1) is 13.3. The van der Waals surface area contributed by atoms with E-state index in [-0.39, 0.29) is 0 Å². The molecule has 0 saturated heterocycles. The zero-order valence-electron chi connectivity index (χ0n) is 11.2. The van der Waals surface area contributed by atoms with Crippen LogP contribution in [0.3, 0.4) is 0 Å². The van der Waals surface area contributed by atoms with E-state index in [0.29, 0.717) is 11.7 Å². The van der Waals surface area contributed by atoms with Crippen molar-refractivity contribution in [3.05, 3.63) is 35.4 Å². The predicted molar refractivity (Wildman–Crippen MR) is 74.5 cm³/mol. The standard InChI is InChI=1S/C16H23NO/c1-2-13-3-5-14(6-4-13)11-17-12-15-7-9-16(18)10-8-15/h3-6,15,17H,2,7-12H2,1H3. The summed E-state index contributed by atoms with van der Waals surface area (Å²) in [5, 5.41) is 3.51. The van der Waals surface area contributed by atoms with E-state index in [0.717, 1.165) is 45.2 Å². The molecule has 2 rings (SSSR count). The molecule has 0 amide bonds. The molecular formula is C16H23NO. The molecule has 0 unspecified atom stereocenters. The van der Waals surface area contributed by atoms with Crippen LogP contribution >= 0.6 is 0 Å². The van der Waals surface area contributed by atoms with Crippen LogP contribution in [0.5, 0.6) is 0 Å². The molecule has 0 aliphatic heterocycles. The summed E-state index contributed by atoms with van der Waals surface area (Å²) < 4.78 is 0. The van der Waals surface area contributed by atoms with Crippen molar-refractivity contribution in [2.24, 2.45) is 5.92 Å². The smallest absolute Gasteiger partial charge is 0.132 e. The lowest BCUT2D eigenvalue weighted by Crippen LogP contribution is -2.26. The lowest BCUT2D eigenvalue weighted by molar-refractivity contribution is -0.120. The zero-order valence-corrected chi connectivity index (χ0v) is 11.2. The number of ketones is 1. The van der Waals surface area contributed by atoms with Crippen molar-refractivity contribution < 1.29 is 4.79 Å². The maximum atomic E-state index is 11.1. The summed E-state index contributed by atoms with van der Waals surface area (Å²) in [4.78, 5) is 11.1. The number of carbonyl (C=O) groups is 1. The Balaban J connectivity index is 1.69. The SMILES string of the molecule is CCc1ccc(CNCC2CCC(=O)CC2)cc1. The average molecular weight is 245 g/mol. The summed E-state index contributed by atoms with van der Waals surface area (Å²) >= 11 is 0. The minimum absolute atomic E-state index is 0.446. The van der Waals surface area contributed by atoms with E-state index in [1.165, 1.54) is 11.1 Å². The maximum Gasteiger partial charge on any atom is 0.132 e. The third-order valence-electron chi connectivity index (χ3n) is 3.86. The molecule has 2 nitrogen and oxygen atoms in total. The summed E-state index contributed by atoms with van der Waals surface area (Å²) in [6, 6.07) is 8.82. The number of aryl methyl sites for hydroxylation is 1. The van der Waals surface area contributed by atoms with Crippen LogP contribution in [-0.2, 0) is 17.8 Å². The Hall–Kier alpha value is -1.15. The van der Waals surface area contributed by atoms with Gasteiger partial charge in [0.25, 0.3) is 0 Å². The second-order valence-corrected chi connectivity index (χ2v) is 5.28. The van der Waals surface area contributed by atoms with Crippen LogP contribution in [0.15, 0.2) is 24.3 Å². The summed E-state index contributed by atoms with van der Waals surface area (Å²) in [6.07, 6.45) is 4.82. The average Bonchev–Trinajstić information content (AvgIpc) is 2.42. The minimum atomic E-state index is 0.446. The van der Waals surface area contributed by atoms with Crippen LogP contribution in [0.2, 0.25) is 0 Å². The van der Waals surface area contributed by atoms with Crippen molar-refractivity contribution in [1.29, 1.82) is 0 Å². The first-order chi connectivity index (χ1) is 8.78. The van der Waals surface area contributed by atoms with Gasteiger partial charge >= 0.3 is 0 Å². The van der Waals surface area contributed by atoms with Crippen LogP contribution in [0.25, 0.3) is 0 Å². The van der Waals surface area contributed by atoms with Crippen LogP contribution in [0.4, 0.5) is 0 Å². The van der Waals surface area contributed by atoms with Crippen molar-refractivity contribution in [2.75, 3.05) is 6.54 Å². The Morgan fingerprint density at radius 1 is 1.11 bits per heavy atom. The first-order valence-corrected chi connectivity index (χ1v) is 7.08. The molecule has 2 heteroatoms. The maximum absolute atomic E-state index is 11.1. The molecule has 0 spiro atoms. The van der Waals surface area contributed by atoms with Gasteiger partial charge in [0, 0.05) is 19.4 Å². The number of carbonyl (C=O) groups excluding carboxylic acids is 1. The second kappa shape index (κ2) is 6.69. The van der Waals surface area contributed by atoms with Crippen LogP contribution in [-0.4, -0.2) is 12.3 Å². The summed E-state index contributed by atoms with van der Waals surface area (Å²) in [7, 11) is 0. The van der Waals surface area contributed by atoms with E-state index < -0.39 is 0 Å². The van der Waals surface area contributed by atoms with Gasteiger partial charge in [0.2, 0.25) is 0 Å². The van der Waals surface area contributed by atoms with Crippen molar-refractivity contribution in [3.8, 4) is 0 Å². The molecule has 1 aliphatic rings. The van der Waals surface area contributed by atoms with Gasteiger partial charge in [0.1, 0.15) is 5.78 Å². The molecule has 0 bridgehead atoms. The van der Waals surface area contributed by atoms with Gasteiger partial charge < -0.3 is 5.32 Å². The van der Waals surface area contributed by atoms with Crippen molar-refractivity contribution >= 4 is 5.78 Å². The molecule has 0 aromatic heterocycles. The van der Waals surface area contributed by atoms with Gasteiger partial charge in [-0.3, -0.25) is 4.79 Å². The topological polar surface area (TPSA) is 29.1 Å². The molecule has 0 heterocycles. The number of Topliss-reactive ketones (excluding diaryl/α,β-unsaturated/α-hetero) is 1. The van der Waals surface area contributed by atoms with Crippen molar-refractivity contribution in [1.82, 2.24) is 5.32 Å². The Morgan fingerprint density at radius 2 is 1.72 bits per heavy atom. The van der Waals surface area contributed by atoms with Gasteiger partial charge in [0.15, 0.2) is 0 Å². The third kappa shape index (κ3) is 3.95. The first-order valence-electron chi connectivity index (χ1n) is 7.08. The molecule has 1 aromatic carbocycles. The van der Waals surface area contributed by atoms with Crippen LogP contribution < -0.4 is 5.32 Å². The zero-order chi connectivity index (χ0) is 12.8. The molecule has 1 aliphatic carbocycles. The molecule has 0 radical (unpaired) electrons. The van der Waals surface area contributed by atoms with E-state index in [1.54, 1.807) is 0 Å². The molecule has 1 saturated carbocycles. The quantitative estimate of drug-likeness (QED) is 0.863. The second-order valence-electron chi connectivity index (χ2n) is 5.28. The van der Waals surface area contributed by atoms with E-state index in [9.17, 15) is 4.79 Å². The third-order valence-corrected chi connectivity index (χ3v) is 3.86. The normalized spacial score (nSPS) is 17.1. The highest BCUT2D eigenvalue weighted by Crippen LogP contribution is 2.20. The largest absolute Gasteiger partial charge is 0.312 e. The Labute approximate surface area is 110 Å². The summed E-state index contributed by atoms with van der Waals surface area (Å²) in [6.45, 7) is 4.16. The van der Waals surface area contributed by atoms with Gasteiger partial charge in [0.05, 0.1) is 0 Å². The molecule has 1 fully saturated rings. The molecular weight excluding hydrogens is 222 g/mol. The van der Waals surface area contributed by atoms with E-state index in [2.05, 4.69) is 36.5 Å². The van der Waals surface area contributed by atoms with Gasteiger partial charge in [-0.2, -0.15) is 0 Å². The lowest BCUT2D eigenvalue weighted by Gasteiger charge is -2.21. The number of nitrogens with one attached hydrogen (secondary N) is 1. The van der Waals surface area contributed by atoms with E-state index in [1.807, 2.05) is 0 Å². The monoisotopic (exact) mass is 245 g/mol. The number of hydrogen-bond donors (Lipinski definition) is 1. The molecule has 1 N–H and O–H groups in total. The number of rotatable bonds is 5. The number of benzene rings is 1. The summed E-state index contributed by atoms with van der Waals surface area (Å²) in [5.41, 5.74) is 2.74. The highest BCUT2D eigenvalue weighted by molar-refractivity contribution is 5.79. The molecule has 1 aromatic rings. The molecule has 18 heavy (non-hydrogen) atoms. The highest BCUT2D eigenvalue weighted by Gasteiger charge is 2.17. The van der Waals surface area contributed by atoms with Gasteiger partial charge in [-0.15, -0.1) is 0 Å². The minimum Gasteiger partial charge on any atom is -0.312 e.